The largest absolute Gasteiger partial charge is 0.351 e. The molecule has 7 heteroatoms. The van der Waals surface area contributed by atoms with Crippen molar-refractivity contribution >= 4 is 17.9 Å². The molecule has 23 heavy (non-hydrogen) atoms. The predicted molar refractivity (Wildman–Crippen MR) is 88.2 cm³/mol. The van der Waals surface area contributed by atoms with Gasteiger partial charge in [-0.3, -0.25) is 9.59 Å². The molecule has 2 rings (SSSR count). The minimum absolute atomic E-state index is 0.00192. The molecule has 7 nitrogen and oxygen atoms in total. The summed E-state index contributed by atoms with van der Waals surface area (Å²) >= 11 is 0. The van der Waals surface area contributed by atoms with E-state index >= 15 is 0 Å². The fraction of sp³-hybridized carbons (Fsp3) is 0.562. The predicted octanol–water partition coefficient (Wildman–Crippen LogP) is 0.513. The fourth-order valence-corrected chi connectivity index (χ4v) is 2.82. The van der Waals surface area contributed by atoms with E-state index in [0.717, 1.165) is 18.5 Å². The summed E-state index contributed by atoms with van der Waals surface area (Å²) in [4.78, 5) is 32.5. The minimum atomic E-state index is -0.448. The first-order valence-corrected chi connectivity index (χ1v) is 7.99. The Morgan fingerprint density at radius 1 is 1.43 bits per heavy atom. The summed E-state index contributed by atoms with van der Waals surface area (Å²) in [6.45, 7) is 5.12. The van der Waals surface area contributed by atoms with Crippen LogP contribution in [0.5, 0.6) is 0 Å². The second-order valence-electron chi connectivity index (χ2n) is 6.08. The van der Waals surface area contributed by atoms with Gasteiger partial charge < -0.3 is 20.9 Å². The van der Waals surface area contributed by atoms with Gasteiger partial charge in [-0.15, -0.1) is 0 Å². The van der Waals surface area contributed by atoms with Crippen molar-refractivity contribution in [2.24, 2.45) is 11.7 Å². The molecule has 1 aliphatic heterocycles. The summed E-state index contributed by atoms with van der Waals surface area (Å²) in [6, 6.07) is -0.380. The van der Waals surface area contributed by atoms with Crippen molar-refractivity contribution in [3.05, 3.63) is 24.3 Å². The molecule has 1 unspecified atom stereocenters. The SMILES string of the molecule is CC(NC(=O)/C=C/c1c[nH]cn1)C1CCN(C(=O)[C@H](C)N)CC1. The van der Waals surface area contributed by atoms with Gasteiger partial charge in [0.25, 0.3) is 0 Å². The molecule has 1 aliphatic rings. The highest BCUT2D eigenvalue weighted by molar-refractivity contribution is 5.91. The van der Waals surface area contributed by atoms with Gasteiger partial charge in [-0.25, -0.2) is 4.98 Å². The number of piperidine rings is 1. The third kappa shape index (κ3) is 4.92. The van der Waals surface area contributed by atoms with Crippen LogP contribution in [0.3, 0.4) is 0 Å². The van der Waals surface area contributed by atoms with Crippen molar-refractivity contribution in [2.45, 2.75) is 38.8 Å². The van der Waals surface area contributed by atoms with Gasteiger partial charge in [-0.2, -0.15) is 0 Å². The average Bonchev–Trinajstić information content (AvgIpc) is 3.05. The molecule has 0 spiro atoms. The van der Waals surface area contributed by atoms with E-state index in [4.69, 9.17) is 5.73 Å². The maximum Gasteiger partial charge on any atom is 0.244 e. The number of nitrogens with one attached hydrogen (secondary N) is 2. The molecule has 1 saturated heterocycles. The van der Waals surface area contributed by atoms with Crippen LogP contribution in [0, 0.1) is 5.92 Å². The van der Waals surface area contributed by atoms with Gasteiger partial charge in [-0.05, 0) is 38.7 Å². The number of aromatic nitrogens is 2. The van der Waals surface area contributed by atoms with Gasteiger partial charge >= 0.3 is 0 Å². The summed E-state index contributed by atoms with van der Waals surface area (Å²) < 4.78 is 0. The maximum absolute atomic E-state index is 11.9. The Bertz CT molecular complexity index is 545. The van der Waals surface area contributed by atoms with Gasteiger partial charge in [0.1, 0.15) is 0 Å². The number of carbonyl (C=O) groups excluding carboxylic acids is 2. The molecule has 2 atom stereocenters. The van der Waals surface area contributed by atoms with Crippen LogP contribution in [0.2, 0.25) is 0 Å². The highest BCUT2D eigenvalue weighted by atomic mass is 16.2. The second kappa shape index (κ2) is 7.92. The molecule has 1 fully saturated rings. The number of hydrogen-bond acceptors (Lipinski definition) is 4. The van der Waals surface area contributed by atoms with E-state index in [2.05, 4.69) is 15.3 Å². The third-order valence-electron chi connectivity index (χ3n) is 4.24. The summed E-state index contributed by atoms with van der Waals surface area (Å²) in [5.74, 6) is 0.242. The zero-order chi connectivity index (χ0) is 16.8. The number of imidazole rings is 1. The van der Waals surface area contributed by atoms with Crippen molar-refractivity contribution in [2.75, 3.05) is 13.1 Å². The van der Waals surface area contributed by atoms with Crippen LogP contribution in [-0.2, 0) is 9.59 Å². The lowest BCUT2D eigenvalue weighted by Crippen LogP contribution is -2.49. The maximum atomic E-state index is 11.9. The zero-order valence-corrected chi connectivity index (χ0v) is 13.7. The number of amides is 2. The number of likely N-dealkylation sites (tertiary alicyclic amines) is 1. The van der Waals surface area contributed by atoms with E-state index < -0.39 is 6.04 Å². The topological polar surface area (TPSA) is 104 Å². The summed E-state index contributed by atoms with van der Waals surface area (Å²) in [5.41, 5.74) is 6.36. The number of nitrogens with two attached hydrogens (primary N) is 1. The number of H-pyrrole nitrogens is 1. The summed E-state index contributed by atoms with van der Waals surface area (Å²) in [7, 11) is 0. The smallest absolute Gasteiger partial charge is 0.244 e. The first kappa shape index (κ1) is 17.2. The minimum Gasteiger partial charge on any atom is -0.351 e. The molecule has 1 aromatic rings. The molecule has 0 aromatic carbocycles. The number of rotatable bonds is 5. The highest BCUT2D eigenvalue weighted by Crippen LogP contribution is 2.21. The van der Waals surface area contributed by atoms with Crippen molar-refractivity contribution in [3.8, 4) is 0 Å². The zero-order valence-electron chi connectivity index (χ0n) is 13.7. The quantitative estimate of drug-likeness (QED) is 0.688. The Morgan fingerprint density at radius 3 is 2.70 bits per heavy atom. The van der Waals surface area contributed by atoms with Crippen LogP contribution < -0.4 is 11.1 Å². The van der Waals surface area contributed by atoms with Crippen LogP contribution in [0.1, 0.15) is 32.4 Å². The molecule has 4 N–H and O–H groups in total. The third-order valence-corrected chi connectivity index (χ3v) is 4.24. The first-order valence-electron chi connectivity index (χ1n) is 7.99. The average molecular weight is 319 g/mol. The second-order valence-corrected chi connectivity index (χ2v) is 6.08. The first-order chi connectivity index (χ1) is 11.0. The van der Waals surface area contributed by atoms with Gasteiger partial charge in [0.2, 0.25) is 11.8 Å². The fourth-order valence-electron chi connectivity index (χ4n) is 2.82. The van der Waals surface area contributed by atoms with Crippen molar-refractivity contribution in [1.82, 2.24) is 20.2 Å². The number of nitrogens with zero attached hydrogens (tertiary/aromatic N) is 2. The van der Waals surface area contributed by atoms with Crippen LogP contribution in [0.15, 0.2) is 18.6 Å². The number of hydrogen-bond donors (Lipinski definition) is 3. The Kier molecular flexibility index (Phi) is 5.92. The lowest BCUT2D eigenvalue weighted by atomic mass is 9.90. The summed E-state index contributed by atoms with van der Waals surface area (Å²) in [6.07, 6.45) is 8.20. The Hall–Kier alpha value is -2.15. The van der Waals surface area contributed by atoms with Crippen LogP contribution in [0.25, 0.3) is 6.08 Å². The molecular formula is C16H25N5O2. The molecular weight excluding hydrogens is 294 g/mol. The monoisotopic (exact) mass is 319 g/mol. The molecule has 0 aliphatic carbocycles. The lowest BCUT2D eigenvalue weighted by Gasteiger charge is -2.35. The lowest BCUT2D eigenvalue weighted by molar-refractivity contribution is -0.133. The van der Waals surface area contributed by atoms with Gasteiger partial charge in [0.15, 0.2) is 0 Å². The highest BCUT2D eigenvalue weighted by Gasteiger charge is 2.27. The molecule has 0 radical (unpaired) electrons. The van der Waals surface area contributed by atoms with E-state index in [9.17, 15) is 9.59 Å². The Labute approximate surface area is 136 Å². The Balaban J connectivity index is 1.77. The van der Waals surface area contributed by atoms with E-state index in [1.54, 1.807) is 25.5 Å². The van der Waals surface area contributed by atoms with Gasteiger partial charge in [0, 0.05) is 31.4 Å². The number of aromatic amines is 1. The number of carbonyl (C=O) groups is 2. The molecule has 2 heterocycles. The van der Waals surface area contributed by atoms with E-state index in [0.29, 0.717) is 19.0 Å². The molecule has 126 valence electrons. The van der Waals surface area contributed by atoms with E-state index in [1.165, 1.54) is 6.08 Å². The normalized spacial score (nSPS) is 18.8. The van der Waals surface area contributed by atoms with E-state index in [1.807, 2.05) is 11.8 Å². The molecule has 2 amide bonds. The van der Waals surface area contributed by atoms with Crippen molar-refractivity contribution in [1.29, 1.82) is 0 Å². The molecule has 1 aromatic heterocycles. The molecule has 0 saturated carbocycles. The Morgan fingerprint density at radius 2 is 2.13 bits per heavy atom. The van der Waals surface area contributed by atoms with Crippen LogP contribution in [0.4, 0.5) is 0 Å². The van der Waals surface area contributed by atoms with Crippen molar-refractivity contribution < 1.29 is 9.59 Å². The van der Waals surface area contributed by atoms with Gasteiger partial charge in [-0.1, -0.05) is 0 Å². The molecule has 0 bridgehead atoms. The van der Waals surface area contributed by atoms with Crippen molar-refractivity contribution in [3.63, 3.8) is 0 Å². The van der Waals surface area contributed by atoms with E-state index in [-0.39, 0.29) is 17.9 Å². The van der Waals surface area contributed by atoms with Gasteiger partial charge in [0.05, 0.1) is 18.1 Å². The van der Waals surface area contributed by atoms with Crippen LogP contribution >= 0.6 is 0 Å². The summed E-state index contributed by atoms with van der Waals surface area (Å²) in [5, 5.41) is 2.99. The van der Waals surface area contributed by atoms with Crippen LogP contribution in [-0.4, -0.2) is 51.9 Å². The standard InChI is InChI=1S/C16H25N5O2/c1-11(17)16(23)21-7-5-13(6-8-21)12(2)20-15(22)4-3-14-9-18-10-19-14/h3-4,9-13H,5-8,17H2,1-2H3,(H,18,19)(H,20,22)/b4-3+/t11-,12?/m0/s1.